The lowest BCUT2D eigenvalue weighted by Gasteiger charge is -2.03. The van der Waals surface area contributed by atoms with Crippen LogP contribution < -0.4 is 5.56 Å². The highest BCUT2D eigenvalue weighted by atomic mass is 35.5. The van der Waals surface area contributed by atoms with Gasteiger partial charge in [0.25, 0.3) is 5.56 Å². The van der Waals surface area contributed by atoms with Gasteiger partial charge in [-0.3, -0.25) is 4.79 Å². The maximum absolute atomic E-state index is 12.2. The molecule has 0 fully saturated rings. The molecule has 0 aliphatic rings. The van der Waals surface area contributed by atoms with Crippen molar-refractivity contribution >= 4 is 44.7 Å². The molecule has 0 saturated heterocycles. The smallest absolute Gasteiger partial charge is 0.275 e. The highest BCUT2D eigenvalue weighted by Crippen LogP contribution is 2.29. The van der Waals surface area contributed by atoms with Gasteiger partial charge in [-0.25, -0.2) is 4.98 Å². The summed E-state index contributed by atoms with van der Waals surface area (Å²) in [4.78, 5) is 20.4. The van der Waals surface area contributed by atoms with Crippen LogP contribution in [0.2, 0.25) is 4.34 Å². The summed E-state index contributed by atoms with van der Waals surface area (Å²) >= 11 is 7.29. The second-order valence-electron chi connectivity index (χ2n) is 4.73. The topological polar surface area (TPSA) is 45.8 Å². The number of aromatic amines is 1. The van der Waals surface area contributed by atoms with Crippen LogP contribution in [0.1, 0.15) is 0 Å². The predicted molar refractivity (Wildman–Crippen MR) is 88.2 cm³/mol. The number of thiophene rings is 1. The Kier molecular flexibility index (Phi) is 2.80. The molecule has 21 heavy (non-hydrogen) atoms. The molecule has 4 aromatic rings. The largest absolute Gasteiger partial charge is 0.319 e. The molecule has 4 rings (SSSR count). The Morgan fingerprint density at radius 3 is 2.52 bits per heavy atom. The van der Waals surface area contributed by atoms with Crippen molar-refractivity contribution in [2.45, 2.75) is 0 Å². The monoisotopic (exact) mass is 312 g/mol. The lowest BCUT2D eigenvalue weighted by Crippen LogP contribution is -2.10. The summed E-state index contributed by atoms with van der Waals surface area (Å²) in [5.41, 5.74) is 1.73. The standard InChI is InChI=1S/C16H9ClN2OS/c17-14-6-5-13(21-14)15-16(20)19-12-8-10-4-2-1-3-9(10)7-11(12)18-15/h1-8H,(H,19,20). The Morgan fingerprint density at radius 2 is 1.81 bits per heavy atom. The number of nitrogens with zero attached hydrogens (tertiary/aromatic N) is 1. The molecule has 3 nitrogen and oxygen atoms in total. The van der Waals surface area contributed by atoms with E-state index >= 15 is 0 Å². The summed E-state index contributed by atoms with van der Waals surface area (Å²) < 4.78 is 0.643. The fraction of sp³-hybridized carbons (Fsp3) is 0. The Morgan fingerprint density at radius 1 is 1.05 bits per heavy atom. The molecule has 2 aromatic heterocycles. The van der Waals surface area contributed by atoms with Gasteiger partial charge < -0.3 is 4.98 Å². The van der Waals surface area contributed by atoms with E-state index in [1.165, 1.54) is 11.3 Å². The molecule has 0 bridgehead atoms. The average molecular weight is 313 g/mol. The minimum Gasteiger partial charge on any atom is -0.319 e. The number of nitrogens with one attached hydrogen (secondary N) is 1. The molecule has 0 spiro atoms. The fourth-order valence-corrected chi connectivity index (χ4v) is 3.41. The number of hydrogen-bond donors (Lipinski definition) is 1. The van der Waals surface area contributed by atoms with E-state index in [9.17, 15) is 4.79 Å². The quantitative estimate of drug-likeness (QED) is 0.527. The van der Waals surface area contributed by atoms with Gasteiger partial charge in [0.15, 0.2) is 0 Å². The van der Waals surface area contributed by atoms with E-state index in [0.717, 1.165) is 26.7 Å². The molecule has 5 heteroatoms. The maximum Gasteiger partial charge on any atom is 0.275 e. The zero-order valence-corrected chi connectivity index (χ0v) is 12.3. The molecule has 2 aromatic carbocycles. The van der Waals surface area contributed by atoms with Crippen LogP contribution in [0, 0.1) is 0 Å². The lowest BCUT2D eigenvalue weighted by molar-refractivity contribution is 1.23. The normalized spacial score (nSPS) is 11.3. The van der Waals surface area contributed by atoms with Gasteiger partial charge in [0, 0.05) is 0 Å². The van der Waals surface area contributed by atoms with Gasteiger partial charge in [0.2, 0.25) is 0 Å². The second-order valence-corrected chi connectivity index (χ2v) is 6.45. The molecular formula is C16H9ClN2OS. The van der Waals surface area contributed by atoms with Gasteiger partial charge in [-0.2, -0.15) is 0 Å². The first-order valence-corrected chi connectivity index (χ1v) is 7.59. The number of hydrogen-bond acceptors (Lipinski definition) is 3. The van der Waals surface area contributed by atoms with E-state index in [1.54, 1.807) is 6.07 Å². The number of fused-ring (bicyclic) bond motifs is 2. The van der Waals surface area contributed by atoms with Gasteiger partial charge in [0.05, 0.1) is 20.2 Å². The SMILES string of the molecule is O=c1[nH]c2cc3ccccc3cc2nc1-c1ccc(Cl)s1. The molecule has 0 aliphatic carbocycles. The number of halogens is 1. The van der Waals surface area contributed by atoms with Crippen LogP contribution in [-0.2, 0) is 0 Å². The van der Waals surface area contributed by atoms with Crippen LogP contribution >= 0.6 is 22.9 Å². The van der Waals surface area contributed by atoms with Gasteiger partial charge in [0.1, 0.15) is 5.69 Å². The van der Waals surface area contributed by atoms with Gasteiger partial charge in [-0.1, -0.05) is 35.9 Å². The van der Waals surface area contributed by atoms with Crippen molar-refractivity contribution in [3.8, 4) is 10.6 Å². The van der Waals surface area contributed by atoms with Gasteiger partial charge in [-0.15, -0.1) is 11.3 Å². The molecule has 0 amide bonds. The minimum absolute atomic E-state index is 0.198. The first kappa shape index (κ1) is 12.6. The fourth-order valence-electron chi connectivity index (χ4n) is 2.38. The number of rotatable bonds is 1. The molecule has 1 N–H and O–H groups in total. The summed E-state index contributed by atoms with van der Waals surface area (Å²) in [5.74, 6) is 0. The zero-order chi connectivity index (χ0) is 14.4. The second kappa shape index (κ2) is 4.69. The van der Waals surface area contributed by atoms with Crippen molar-refractivity contribution < 1.29 is 0 Å². The van der Waals surface area contributed by atoms with E-state index < -0.39 is 0 Å². The minimum atomic E-state index is -0.198. The van der Waals surface area contributed by atoms with Crippen molar-refractivity contribution in [2.24, 2.45) is 0 Å². The van der Waals surface area contributed by atoms with Crippen LogP contribution in [0.4, 0.5) is 0 Å². The van der Waals surface area contributed by atoms with Crippen LogP contribution in [0.5, 0.6) is 0 Å². The summed E-state index contributed by atoms with van der Waals surface area (Å²) in [6, 6.07) is 15.5. The maximum atomic E-state index is 12.2. The van der Waals surface area contributed by atoms with E-state index in [-0.39, 0.29) is 5.56 Å². The van der Waals surface area contributed by atoms with Crippen LogP contribution in [-0.4, -0.2) is 9.97 Å². The van der Waals surface area contributed by atoms with Gasteiger partial charge >= 0.3 is 0 Å². The molecule has 0 aliphatic heterocycles. The third-order valence-corrected chi connectivity index (χ3v) is 4.60. The molecule has 0 unspecified atom stereocenters. The zero-order valence-electron chi connectivity index (χ0n) is 10.8. The van der Waals surface area contributed by atoms with Crippen molar-refractivity contribution in [3.63, 3.8) is 0 Å². The Labute approximate surface area is 128 Å². The van der Waals surface area contributed by atoms with Gasteiger partial charge in [-0.05, 0) is 35.0 Å². The van der Waals surface area contributed by atoms with E-state index in [2.05, 4.69) is 9.97 Å². The molecule has 0 atom stereocenters. The van der Waals surface area contributed by atoms with Crippen molar-refractivity contribution in [3.05, 3.63) is 63.2 Å². The highest BCUT2D eigenvalue weighted by molar-refractivity contribution is 7.19. The lowest BCUT2D eigenvalue weighted by atomic mass is 10.1. The Hall–Kier alpha value is -2.17. The summed E-state index contributed by atoms with van der Waals surface area (Å²) in [7, 11) is 0. The number of H-pyrrole nitrogens is 1. The predicted octanol–water partition coefficient (Wildman–Crippen LogP) is 4.46. The van der Waals surface area contributed by atoms with Crippen molar-refractivity contribution in [1.29, 1.82) is 0 Å². The van der Waals surface area contributed by atoms with Crippen LogP contribution in [0.25, 0.3) is 32.4 Å². The first-order chi connectivity index (χ1) is 10.2. The van der Waals surface area contributed by atoms with Crippen LogP contribution in [0.15, 0.2) is 53.3 Å². The summed E-state index contributed by atoms with van der Waals surface area (Å²) in [6.45, 7) is 0. The van der Waals surface area contributed by atoms with E-state index in [4.69, 9.17) is 11.6 Å². The van der Waals surface area contributed by atoms with Crippen LogP contribution in [0.3, 0.4) is 0 Å². The number of aromatic nitrogens is 2. The Bertz CT molecular complexity index is 1040. The molecule has 102 valence electrons. The molecule has 2 heterocycles. The third-order valence-electron chi connectivity index (χ3n) is 3.37. The number of benzene rings is 2. The van der Waals surface area contributed by atoms with E-state index in [0.29, 0.717) is 10.0 Å². The first-order valence-electron chi connectivity index (χ1n) is 6.39. The van der Waals surface area contributed by atoms with Crippen molar-refractivity contribution in [2.75, 3.05) is 0 Å². The third kappa shape index (κ3) is 2.13. The Balaban J connectivity index is 2.04. The van der Waals surface area contributed by atoms with Crippen molar-refractivity contribution in [1.82, 2.24) is 9.97 Å². The molecular weight excluding hydrogens is 304 g/mol. The highest BCUT2D eigenvalue weighted by Gasteiger charge is 2.10. The average Bonchev–Trinajstić information content (AvgIpc) is 2.91. The summed E-state index contributed by atoms with van der Waals surface area (Å²) in [6.07, 6.45) is 0. The molecule has 0 radical (unpaired) electrons. The van der Waals surface area contributed by atoms with E-state index in [1.807, 2.05) is 42.5 Å². The molecule has 0 saturated carbocycles. The summed E-state index contributed by atoms with van der Waals surface area (Å²) in [5, 5.41) is 2.18.